The molecule has 9 heteroatoms. The van der Waals surface area contributed by atoms with E-state index >= 15 is 0 Å². The molecule has 0 saturated heterocycles. The minimum atomic E-state index is -0.344. The van der Waals surface area contributed by atoms with Crippen molar-refractivity contribution < 1.29 is 19.1 Å². The first-order valence-electron chi connectivity index (χ1n) is 8.55. The molecule has 29 heavy (non-hydrogen) atoms. The van der Waals surface area contributed by atoms with Crippen molar-refractivity contribution >= 4 is 45.7 Å². The molecule has 0 radical (unpaired) electrons. The highest BCUT2D eigenvalue weighted by atomic mass is 32.2. The molecule has 3 rings (SSSR count). The Morgan fingerprint density at radius 2 is 1.79 bits per heavy atom. The van der Waals surface area contributed by atoms with Crippen molar-refractivity contribution in [1.29, 1.82) is 0 Å². The molecule has 0 aliphatic rings. The van der Waals surface area contributed by atoms with E-state index in [9.17, 15) is 9.59 Å². The fourth-order valence-electron chi connectivity index (χ4n) is 2.52. The molecule has 0 unspecified atom stereocenters. The van der Waals surface area contributed by atoms with Crippen LogP contribution in [0.25, 0.3) is 0 Å². The summed E-state index contributed by atoms with van der Waals surface area (Å²) in [6.45, 7) is 0. The van der Waals surface area contributed by atoms with Crippen LogP contribution in [0.1, 0.15) is 10.4 Å². The number of anilines is 2. The van der Waals surface area contributed by atoms with Crippen molar-refractivity contribution in [2.75, 3.05) is 30.6 Å². The smallest absolute Gasteiger partial charge is 0.263 e. The summed E-state index contributed by atoms with van der Waals surface area (Å²) in [5.74, 6) is 0.593. The summed E-state index contributed by atoms with van der Waals surface area (Å²) >= 11 is 2.73. The maximum Gasteiger partial charge on any atom is 0.263 e. The van der Waals surface area contributed by atoms with E-state index in [0.717, 1.165) is 4.90 Å². The zero-order chi connectivity index (χ0) is 20.6. The lowest BCUT2D eigenvalue weighted by molar-refractivity contribution is -0.113. The van der Waals surface area contributed by atoms with Crippen molar-refractivity contribution in [3.63, 3.8) is 0 Å². The zero-order valence-electron chi connectivity index (χ0n) is 15.8. The van der Waals surface area contributed by atoms with Crippen LogP contribution in [0.5, 0.6) is 11.5 Å². The summed E-state index contributed by atoms with van der Waals surface area (Å²) in [5, 5.41) is 7.96. The van der Waals surface area contributed by atoms with Crippen LogP contribution in [0.4, 0.5) is 10.8 Å². The monoisotopic (exact) mass is 429 g/mol. The van der Waals surface area contributed by atoms with Gasteiger partial charge in [0.1, 0.15) is 17.1 Å². The third-order valence-corrected chi connectivity index (χ3v) is 5.48. The molecule has 1 aromatic heterocycles. The maximum absolute atomic E-state index is 12.8. The second-order valence-corrected chi connectivity index (χ2v) is 7.64. The molecule has 2 N–H and O–H groups in total. The Balaban J connectivity index is 1.65. The summed E-state index contributed by atoms with van der Waals surface area (Å²) in [7, 11) is 3.00. The first-order chi connectivity index (χ1) is 14.1. The van der Waals surface area contributed by atoms with Crippen LogP contribution < -0.4 is 20.1 Å². The van der Waals surface area contributed by atoms with E-state index in [1.54, 1.807) is 41.9 Å². The quantitative estimate of drug-likeness (QED) is 0.523. The molecule has 7 nitrogen and oxygen atoms in total. The number of carbonyl (C=O) groups excluding carboxylic acids is 2. The SMILES string of the molecule is COc1cccc(OC)c1C(=O)Nc1cccc(SCC(=O)Nc2nccs2)c1. The van der Waals surface area contributed by atoms with Gasteiger partial charge in [0, 0.05) is 22.2 Å². The number of thioether (sulfide) groups is 1. The molecule has 0 fully saturated rings. The first-order valence-corrected chi connectivity index (χ1v) is 10.4. The number of benzene rings is 2. The largest absolute Gasteiger partial charge is 0.496 e. The van der Waals surface area contributed by atoms with E-state index in [1.807, 2.05) is 12.1 Å². The topological polar surface area (TPSA) is 89.5 Å². The molecule has 1 heterocycles. The Hall–Kier alpha value is -3.04. The third kappa shape index (κ3) is 5.49. The lowest BCUT2D eigenvalue weighted by Crippen LogP contribution is -2.15. The molecular weight excluding hydrogens is 410 g/mol. The van der Waals surface area contributed by atoms with Crippen molar-refractivity contribution in [2.45, 2.75) is 4.90 Å². The normalized spacial score (nSPS) is 10.3. The zero-order valence-corrected chi connectivity index (χ0v) is 17.4. The number of rotatable bonds is 8. The Morgan fingerprint density at radius 1 is 1.07 bits per heavy atom. The van der Waals surface area contributed by atoms with Gasteiger partial charge in [-0.25, -0.2) is 4.98 Å². The van der Waals surface area contributed by atoms with E-state index < -0.39 is 0 Å². The number of aromatic nitrogens is 1. The van der Waals surface area contributed by atoms with Crippen LogP contribution in [-0.2, 0) is 4.79 Å². The molecule has 2 amide bonds. The Kier molecular flexibility index (Phi) is 7.09. The molecular formula is C20H19N3O4S2. The molecule has 0 aliphatic carbocycles. The maximum atomic E-state index is 12.8. The summed E-state index contributed by atoms with van der Waals surface area (Å²) in [6, 6.07) is 12.4. The number of ether oxygens (including phenoxy) is 2. The van der Waals surface area contributed by atoms with Crippen LogP contribution in [0, 0.1) is 0 Å². The Bertz CT molecular complexity index is 971. The lowest BCUT2D eigenvalue weighted by atomic mass is 10.1. The van der Waals surface area contributed by atoms with Gasteiger partial charge in [0.15, 0.2) is 5.13 Å². The molecule has 3 aromatic rings. The van der Waals surface area contributed by atoms with E-state index in [-0.39, 0.29) is 17.6 Å². The van der Waals surface area contributed by atoms with Gasteiger partial charge in [-0.2, -0.15) is 0 Å². The number of amides is 2. The number of nitrogens with zero attached hydrogens (tertiary/aromatic N) is 1. The average molecular weight is 430 g/mol. The summed E-state index contributed by atoms with van der Waals surface area (Å²) in [5.41, 5.74) is 0.923. The van der Waals surface area contributed by atoms with Crippen molar-refractivity contribution in [3.05, 3.63) is 59.6 Å². The van der Waals surface area contributed by atoms with Gasteiger partial charge in [-0.15, -0.1) is 23.1 Å². The van der Waals surface area contributed by atoms with Gasteiger partial charge in [-0.3, -0.25) is 9.59 Å². The van der Waals surface area contributed by atoms with Crippen molar-refractivity contribution in [1.82, 2.24) is 4.98 Å². The number of thiazole rings is 1. The average Bonchev–Trinajstić information content (AvgIpc) is 3.24. The van der Waals surface area contributed by atoms with Crippen molar-refractivity contribution in [3.8, 4) is 11.5 Å². The molecule has 0 atom stereocenters. The molecule has 0 saturated carbocycles. The van der Waals surface area contributed by atoms with Crippen LogP contribution in [0.15, 0.2) is 58.9 Å². The predicted molar refractivity (Wildman–Crippen MR) is 115 cm³/mol. The number of nitrogens with one attached hydrogen (secondary N) is 2. The minimum absolute atomic E-state index is 0.141. The summed E-state index contributed by atoms with van der Waals surface area (Å²) in [6.07, 6.45) is 1.64. The number of methoxy groups -OCH3 is 2. The van der Waals surface area contributed by atoms with Gasteiger partial charge in [0.2, 0.25) is 5.91 Å². The minimum Gasteiger partial charge on any atom is -0.496 e. The van der Waals surface area contributed by atoms with Crippen LogP contribution in [0.3, 0.4) is 0 Å². The molecule has 150 valence electrons. The van der Waals surface area contributed by atoms with Crippen LogP contribution in [0.2, 0.25) is 0 Å². The van der Waals surface area contributed by atoms with Crippen LogP contribution in [-0.4, -0.2) is 36.8 Å². The van der Waals surface area contributed by atoms with Gasteiger partial charge < -0.3 is 20.1 Å². The van der Waals surface area contributed by atoms with Gasteiger partial charge in [-0.05, 0) is 30.3 Å². The third-order valence-electron chi connectivity index (χ3n) is 3.80. The highest BCUT2D eigenvalue weighted by Gasteiger charge is 2.18. The Labute approximate surface area is 176 Å². The highest BCUT2D eigenvalue weighted by Crippen LogP contribution is 2.29. The van der Waals surface area contributed by atoms with E-state index in [2.05, 4.69) is 15.6 Å². The summed E-state index contributed by atoms with van der Waals surface area (Å²) < 4.78 is 10.6. The van der Waals surface area contributed by atoms with Gasteiger partial charge in [0.05, 0.1) is 20.0 Å². The molecule has 2 aromatic carbocycles. The van der Waals surface area contributed by atoms with Gasteiger partial charge in [0.25, 0.3) is 5.91 Å². The van der Waals surface area contributed by atoms with Gasteiger partial charge >= 0.3 is 0 Å². The molecule has 0 bridgehead atoms. The second kappa shape index (κ2) is 9.94. The standard InChI is InChI=1S/C20H19N3O4S2/c1-26-15-7-4-8-16(27-2)18(15)19(25)22-13-5-3-6-14(11-13)29-12-17(24)23-20-21-9-10-28-20/h3-11H,12H2,1-2H3,(H,22,25)(H,21,23,24). The lowest BCUT2D eigenvalue weighted by Gasteiger charge is -2.13. The van der Waals surface area contributed by atoms with Gasteiger partial charge in [-0.1, -0.05) is 12.1 Å². The van der Waals surface area contributed by atoms with Crippen LogP contribution >= 0.6 is 23.1 Å². The predicted octanol–water partition coefficient (Wildman–Crippen LogP) is 4.14. The molecule has 0 aliphatic heterocycles. The highest BCUT2D eigenvalue weighted by molar-refractivity contribution is 8.00. The Morgan fingerprint density at radius 3 is 2.45 bits per heavy atom. The summed E-state index contributed by atoms with van der Waals surface area (Å²) in [4.78, 5) is 29.7. The fourth-order valence-corrected chi connectivity index (χ4v) is 3.82. The number of hydrogen-bond acceptors (Lipinski definition) is 7. The van der Waals surface area contributed by atoms with E-state index in [0.29, 0.717) is 27.9 Å². The fraction of sp³-hybridized carbons (Fsp3) is 0.150. The molecule has 0 spiro atoms. The second-order valence-electron chi connectivity index (χ2n) is 5.69. The number of carbonyl (C=O) groups is 2. The van der Waals surface area contributed by atoms with E-state index in [1.165, 1.54) is 37.3 Å². The first kappa shape index (κ1) is 20.7. The number of hydrogen-bond donors (Lipinski definition) is 2. The van der Waals surface area contributed by atoms with E-state index in [4.69, 9.17) is 9.47 Å². The van der Waals surface area contributed by atoms with Crippen molar-refractivity contribution in [2.24, 2.45) is 0 Å².